The van der Waals surface area contributed by atoms with Gasteiger partial charge in [-0.25, -0.2) is 0 Å². The molecule has 0 spiro atoms. The van der Waals surface area contributed by atoms with Crippen LogP contribution in [0.15, 0.2) is 60.2 Å². The average Bonchev–Trinajstić information content (AvgIpc) is 2.71. The summed E-state index contributed by atoms with van der Waals surface area (Å²) in [4.78, 5) is 25.6. The Morgan fingerprint density at radius 1 is 1.26 bits per heavy atom. The lowest BCUT2D eigenvalue weighted by molar-refractivity contribution is -0.111. The fourth-order valence-corrected chi connectivity index (χ4v) is 3.11. The van der Waals surface area contributed by atoms with Crippen molar-refractivity contribution in [1.29, 1.82) is 0 Å². The summed E-state index contributed by atoms with van der Waals surface area (Å²) in [7, 11) is 1.72. The van der Waals surface area contributed by atoms with Gasteiger partial charge in [-0.15, -0.1) is 0 Å². The molecule has 0 fully saturated rings. The van der Waals surface area contributed by atoms with E-state index >= 15 is 0 Å². The van der Waals surface area contributed by atoms with Crippen molar-refractivity contribution in [3.8, 4) is 0 Å². The zero-order chi connectivity index (χ0) is 19.6. The molecule has 1 N–H and O–H groups in total. The first kappa shape index (κ1) is 20.8. The molecule has 5 heteroatoms. The minimum absolute atomic E-state index is 0.0380. The van der Waals surface area contributed by atoms with Crippen molar-refractivity contribution in [3.05, 3.63) is 65.8 Å². The molecule has 1 amide bonds. The van der Waals surface area contributed by atoms with E-state index in [4.69, 9.17) is 4.74 Å². The Morgan fingerprint density at radius 2 is 2.00 bits per heavy atom. The van der Waals surface area contributed by atoms with Gasteiger partial charge in [0.15, 0.2) is 6.29 Å². The quantitative estimate of drug-likeness (QED) is 0.536. The maximum Gasteiger partial charge on any atom is 0.248 e. The van der Waals surface area contributed by atoms with Gasteiger partial charge >= 0.3 is 0 Å². The number of allylic oxidation sites excluding steroid dienone is 3. The summed E-state index contributed by atoms with van der Waals surface area (Å²) in [6.07, 6.45) is 10.2. The van der Waals surface area contributed by atoms with Crippen molar-refractivity contribution in [3.63, 3.8) is 0 Å². The predicted octanol–water partition coefficient (Wildman–Crippen LogP) is 3.46. The van der Waals surface area contributed by atoms with E-state index in [2.05, 4.69) is 30.1 Å². The molecule has 144 valence electrons. The Morgan fingerprint density at radius 3 is 2.67 bits per heavy atom. The highest BCUT2D eigenvalue weighted by Crippen LogP contribution is 2.22. The Bertz CT molecular complexity index is 733. The minimum atomic E-state index is -0.271. The maximum absolute atomic E-state index is 12.2. The van der Waals surface area contributed by atoms with Crippen molar-refractivity contribution < 1.29 is 14.3 Å². The van der Waals surface area contributed by atoms with Gasteiger partial charge in [0.25, 0.3) is 0 Å². The Hall–Kier alpha value is -2.50. The molecule has 0 bridgehead atoms. The summed E-state index contributed by atoms with van der Waals surface area (Å²) in [5.74, 6) is -0.0360. The van der Waals surface area contributed by atoms with E-state index < -0.39 is 0 Å². The zero-order valence-electron chi connectivity index (χ0n) is 16.2. The molecule has 5 nitrogen and oxygen atoms in total. The van der Waals surface area contributed by atoms with E-state index in [0.717, 1.165) is 31.5 Å². The molecular weight excluding hydrogens is 340 g/mol. The molecular formula is C22H28N2O3. The van der Waals surface area contributed by atoms with Crippen LogP contribution in [0, 0.1) is 5.92 Å². The Kier molecular flexibility index (Phi) is 8.17. The monoisotopic (exact) mass is 368 g/mol. The van der Waals surface area contributed by atoms with Gasteiger partial charge in [0.1, 0.15) is 0 Å². The maximum atomic E-state index is 12.2. The number of anilines is 1. The van der Waals surface area contributed by atoms with Gasteiger partial charge in [0.05, 0.1) is 11.8 Å². The fraction of sp³-hybridized carbons (Fsp3) is 0.364. The SMILES string of the molecule is CCN(CC)CC1C=C(/C=C/C(=O)Nc2ccccc2C=O)C=CC1OC. The first-order chi connectivity index (χ1) is 13.1. The molecule has 2 rings (SSSR count). The topological polar surface area (TPSA) is 58.6 Å². The van der Waals surface area contributed by atoms with E-state index in [0.29, 0.717) is 11.3 Å². The van der Waals surface area contributed by atoms with Gasteiger partial charge in [0.2, 0.25) is 5.91 Å². The third-order valence-corrected chi connectivity index (χ3v) is 4.72. The van der Waals surface area contributed by atoms with E-state index in [1.807, 2.05) is 12.2 Å². The van der Waals surface area contributed by atoms with Crippen LogP contribution in [0.25, 0.3) is 0 Å². The Labute approximate surface area is 161 Å². The molecule has 27 heavy (non-hydrogen) atoms. The molecule has 1 aromatic rings. The highest BCUT2D eigenvalue weighted by molar-refractivity contribution is 6.02. The second-order valence-electron chi connectivity index (χ2n) is 6.40. The summed E-state index contributed by atoms with van der Waals surface area (Å²) in [5, 5.41) is 2.74. The highest BCUT2D eigenvalue weighted by atomic mass is 16.5. The van der Waals surface area contributed by atoms with Crippen LogP contribution >= 0.6 is 0 Å². The van der Waals surface area contributed by atoms with E-state index in [9.17, 15) is 9.59 Å². The number of benzene rings is 1. The number of hydrogen-bond acceptors (Lipinski definition) is 4. The number of nitrogens with one attached hydrogen (secondary N) is 1. The number of methoxy groups -OCH3 is 1. The molecule has 1 aliphatic rings. The van der Waals surface area contributed by atoms with Crippen molar-refractivity contribution in [1.82, 2.24) is 4.90 Å². The fourth-order valence-electron chi connectivity index (χ4n) is 3.11. The number of ether oxygens (including phenoxy) is 1. The molecule has 1 aliphatic carbocycles. The largest absolute Gasteiger partial charge is 0.377 e. The third kappa shape index (κ3) is 6.01. The van der Waals surface area contributed by atoms with Gasteiger partial charge in [-0.05, 0) is 36.9 Å². The zero-order valence-corrected chi connectivity index (χ0v) is 16.2. The lowest BCUT2D eigenvalue weighted by atomic mass is 9.92. The Balaban J connectivity index is 2.05. The van der Waals surface area contributed by atoms with E-state index in [-0.39, 0.29) is 17.9 Å². The smallest absolute Gasteiger partial charge is 0.248 e. The lowest BCUT2D eigenvalue weighted by Crippen LogP contribution is -2.35. The molecule has 1 aromatic carbocycles. The number of hydrogen-bond donors (Lipinski definition) is 1. The minimum Gasteiger partial charge on any atom is -0.377 e. The van der Waals surface area contributed by atoms with Crippen LogP contribution in [0.1, 0.15) is 24.2 Å². The molecule has 2 atom stereocenters. The highest BCUT2D eigenvalue weighted by Gasteiger charge is 2.21. The predicted molar refractivity (Wildman–Crippen MR) is 109 cm³/mol. The van der Waals surface area contributed by atoms with Crippen LogP contribution in [0.2, 0.25) is 0 Å². The van der Waals surface area contributed by atoms with Crippen LogP contribution in [-0.2, 0) is 9.53 Å². The van der Waals surface area contributed by atoms with Crippen LogP contribution in [0.5, 0.6) is 0 Å². The first-order valence-corrected chi connectivity index (χ1v) is 9.29. The van der Waals surface area contributed by atoms with Crippen molar-refractivity contribution in [2.24, 2.45) is 5.92 Å². The molecule has 0 heterocycles. The number of carbonyl (C=O) groups is 2. The molecule has 0 saturated carbocycles. The van der Waals surface area contributed by atoms with Crippen LogP contribution in [-0.4, -0.2) is 49.9 Å². The number of rotatable bonds is 9. The molecule has 2 unspecified atom stereocenters. The van der Waals surface area contributed by atoms with Gasteiger partial charge in [-0.2, -0.15) is 0 Å². The summed E-state index contributed by atoms with van der Waals surface area (Å²) < 4.78 is 5.58. The van der Waals surface area contributed by atoms with E-state index in [1.54, 1.807) is 37.5 Å². The molecule has 0 aromatic heterocycles. The van der Waals surface area contributed by atoms with Crippen molar-refractivity contribution >= 4 is 17.9 Å². The average molecular weight is 368 g/mol. The van der Waals surface area contributed by atoms with Crippen molar-refractivity contribution in [2.45, 2.75) is 20.0 Å². The summed E-state index contributed by atoms with van der Waals surface area (Å²) in [6, 6.07) is 6.91. The van der Waals surface area contributed by atoms with Crippen LogP contribution in [0.4, 0.5) is 5.69 Å². The number of amides is 1. The summed E-state index contributed by atoms with van der Waals surface area (Å²) in [6.45, 7) is 7.19. The summed E-state index contributed by atoms with van der Waals surface area (Å²) >= 11 is 0. The standard InChI is InChI=1S/C22H28N2O3/c1-4-24(5-2)15-19-14-17(10-12-21(19)27-3)11-13-22(26)23-20-9-7-6-8-18(20)16-25/h6-14,16,19,21H,4-5,15H2,1-3H3,(H,23,26)/b13-11+. The van der Waals surface area contributed by atoms with E-state index in [1.165, 1.54) is 6.08 Å². The van der Waals surface area contributed by atoms with Gasteiger partial charge < -0.3 is 15.0 Å². The van der Waals surface area contributed by atoms with Gasteiger partial charge in [0, 0.05) is 31.2 Å². The number of para-hydroxylation sites is 1. The normalized spacial score (nSPS) is 19.3. The second kappa shape index (κ2) is 10.6. The second-order valence-corrected chi connectivity index (χ2v) is 6.40. The number of aldehydes is 1. The van der Waals surface area contributed by atoms with Gasteiger partial charge in [-0.3, -0.25) is 9.59 Å². The lowest BCUT2D eigenvalue weighted by Gasteiger charge is -2.29. The first-order valence-electron chi connectivity index (χ1n) is 9.29. The third-order valence-electron chi connectivity index (χ3n) is 4.72. The van der Waals surface area contributed by atoms with Crippen molar-refractivity contribution in [2.75, 3.05) is 32.1 Å². The number of carbonyl (C=O) groups excluding carboxylic acids is 2. The van der Waals surface area contributed by atoms with Crippen LogP contribution < -0.4 is 5.32 Å². The molecule has 0 saturated heterocycles. The van der Waals surface area contributed by atoms with Crippen LogP contribution in [0.3, 0.4) is 0 Å². The number of nitrogens with zero attached hydrogens (tertiary/aromatic N) is 1. The molecule has 0 radical (unpaired) electrons. The van der Waals surface area contributed by atoms with Gasteiger partial charge in [-0.1, -0.05) is 44.2 Å². The summed E-state index contributed by atoms with van der Waals surface area (Å²) in [5.41, 5.74) is 1.94. The molecule has 0 aliphatic heterocycles.